The molecule has 0 bridgehead atoms. The van der Waals surface area contributed by atoms with E-state index in [9.17, 15) is 9.59 Å². The molecular formula is C23H26ClN5O2S. The fourth-order valence-corrected chi connectivity index (χ4v) is 4.09. The summed E-state index contributed by atoms with van der Waals surface area (Å²) in [6, 6.07) is 12.7. The quantitative estimate of drug-likeness (QED) is 0.329. The average molecular weight is 472 g/mol. The first kappa shape index (κ1) is 23.8. The number of hydrogen-bond acceptors (Lipinski definition) is 6. The molecule has 168 valence electrons. The molecule has 1 unspecified atom stereocenters. The summed E-state index contributed by atoms with van der Waals surface area (Å²) >= 11 is 7.55. The lowest BCUT2D eigenvalue weighted by atomic mass is 10.1. The number of thioether (sulfide) groups is 1. The largest absolute Gasteiger partial charge is 0.378 e. The Balaban J connectivity index is 1.62. The van der Waals surface area contributed by atoms with Crippen molar-refractivity contribution in [1.29, 1.82) is 0 Å². The number of Topliss-reactive ketones (excluding diaryl/α,β-unsaturated/α-hetero) is 1. The number of carbonyl (C=O) groups is 2. The molecule has 2 N–H and O–H groups in total. The van der Waals surface area contributed by atoms with Crippen molar-refractivity contribution in [1.82, 2.24) is 14.8 Å². The zero-order valence-corrected chi connectivity index (χ0v) is 20.0. The maximum Gasteiger partial charge on any atom is 0.237 e. The van der Waals surface area contributed by atoms with Crippen LogP contribution in [0.15, 0.2) is 47.6 Å². The number of nitrogens with zero attached hydrogens (tertiary/aromatic N) is 3. The normalized spacial score (nSPS) is 11.8. The van der Waals surface area contributed by atoms with E-state index < -0.39 is 0 Å². The lowest BCUT2D eigenvalue weighted by molar-refractivity contribution is -0.115. The fourth-order valence-electron chi connectivity index (χ4n) is 2.98. The van der Waals surface area contributed by atoms with Crippen LogP contribution in [0.4, 0.5) is 11.4 Å². The van der Waals surface area contributed by atoms with E-state index in [1.165, 1.54) is 18.7 Å². The SMILES string of the molecule is CCn1c(CNc2ccc(C)c(Cl)c2)nnc1SC(C)C(=O)Nc1ccc(C(C)=O)cc1. The molecule has 1 amide bonds. The van der Waals surface area contributed by atoms with Gasteiger partial charge in [0.2, 0.25) is 5.91 Å². The van der Waals surface area contributed by atoms with Crippen molar-refractivity contribution in [2.75, 3.05) is 10.6 Å². The Morgan fingerprint density at radius 1 is 1.12 bits per heavy atom. The molecule has 0 spiro atoms. The van der Waals surface area contributed by atoms with Crippen LogP contribution in [0.2, 0.25) is 5.02 Å². The van der Waals surface area contributed by atoms with Crippen LogP contribution in [0, 0.1) is 6.92 Å². The molecule has 0 fully saturated rings. The smallest absolute Gasteiger partial charge is 0.237 e. The number of aryl methyl sites for hydroxylation is 1. The number of ketones is 1. The standard InChI is InChI=1S/C23H26ClN5O2S/c1-5-29-21(13-25-19-9-6-14(2)20(24)12-19)27-28-23(29)32-16(4)22(31)26-18-10-7-17(8-11-18)15(3)30/h6-12,16,25H,5,13H2,1-4H3,(H,26,31). The van der Waals surface area contributed by atoms with Gasteiger partial charge in [-0.05, 0) is 69.7 Å². The topological polar surface area (TPSA) is 88.9 Å². The third-order valence-electron chi connectivity index (χ3n) is 4.94. The van der Waals surface area contributed by atoms with Crippen molar-refractivity contribution in [3.8, 4) is 0 Å². The number of hydrogen-bond donors (Lipinski definition) is 2. The summed E-state index contributed by atoms with van der Waals surface area (Å²) < 4.78 is 1.99. The summed E-state index contributed by atoms with van der Waals surface area (Å²) in [5.74, 6) is 0.616. The van der Waals surface area contributed by atoms with Gasteiger partial charge in [0.15, 0.2) is 16.8 Å². The third kappa shape index (κ3) is 5.89. The molecule has 9 heteroatoms. The van der Waals surface area contributed by atoms with Gasteiger partial charge in [0.05, 0.1) is 11.8 Å². The number of amides is 1. The van der Waals surface area contributed by atoms with Crippen LogP contribution in [-0.2, 0) is 17.9 Å². The second-order valence-electron chi connectivity index (χ2n) is 7.34. The highest BCUT2D eigenvalue weighted by atomic mass is 35.5. The predicted octanol–water partition coefficient (Wildman–Crippen LogP) is 5.19. The molecule has 1 atom stereocenters. The molecule has 0 saturated heterocycles. The highest BCUT2D eigenvalue weighted by Crippen LogP contribution is 2.25. The summed E-state index contributed by atoms with van der Waals surface area (Å²) in [6.45, 7) is 8.48. The highest BCUT2D eigenvalue weighted by Gasteiger charge is 2.20. The first-order valence-electron chi connectivity index (χ1n) is 10.3. The second kappa shape index (κ2) is 10.7. The molecule has 3 aromatic rings. The minimum atomic E-state index is -0.381. The monoisotopic (exact) mass is 471 g/mol. The van der Waals surface area contributed by atoms with Crippen LogP contribution in [0.5, 0.6) is 0 Å². The lowest BCUT2D eigenvalue weighted by Crippen LogP contribution is -2.23. The molecule has 0 radical (unpaired) electrons. The van der Waals surface area contributed by atoms with Gasteiger partial charge in [0.1, 0.15) is 0 Å². The van der Waals surface area contributed by atoms with E-state index >= 15 is 0 Å². The maximum absolute atomic E-state index is 12.6. The molecule has 0 aliphatic rings. The van der Waals surface area contributed by atoms with Crippen molar-refractivity contribution >= 4 is 46.4 Å². The molecule has 3 rings (SSSR count). The molecule has 0 aliphatic heterocycles. The summed E-state index contributed by atoms with van der Waals surface area (Å²) in [5, 5.41) is 15.8. The van der Waals surface area contributed by atoms with Crippen LogP contribution in [0.25, 0.3) is 0 Å². The highest BCUT2D eigenvalue weighted by molar-refractivity contribution is 8.00. The van der Waals surface area contributed by atoms with E-state index in [4.69, 9.17) is 11.6 Å². The number of anilines is 2. The van der Waals surface area contributed by atoms with E-state index in [-0.39, 0.29) is 16.9 Å². The summed E-state index contributed by atoms with van der Waals surface area (Å²) in [7, 11) is 0. The summed E-state index contributed by atoms with van der Waals surface area (Å²) in [4.78, 5) is 24.0. The van der Waals surface area contributed by atoms with E-state index in [2.05, 4.69) is 20.8 Å². The average Bonchev–Trinajstić information content (AvgIpc) is 3.16. The van der Waals surface area contributed by atoms with E-state index in [1.54, 1.807) is 24.3 Å². The molecule has 0 saturated carbocycles. The van der Waals surface area contributed by atoms with Crippen molar-refractivity contribution in [3.05, 3.63) is 64.4 Å². The van der Waals surface area contributed by atoms with Crippen LogP contribution in [-0.4, -0.2) is 31.7 Å². The van der Waals surface area contributed by atoms with E-state index in [0.717, 1.165) is 17.1 Å². The van der Waals surface area contributed by atoms with Crippen molar-refractivity contribution in [2.24, 2.45) is 0 Å². The Hall–Kier alpha value is -2.84. The Labute approximate surface area is 197 Å². The van der Waals surface area contributed by atoms with Gasteiger partial charge in [-0.15, -0.1) is 10.2 Å². The maximum atomic E-state index is 12.6. The van der Waals surface area contributed by atoms with Crippen LogP contribution in [0.1, 0.15) is 42.5 Å². The minimum absolute atomic E-state index is 0.0125. The van der Waals surface area contributed by atoms with E-state index in [1.807, 2.05) is 43.5 Å². The van der Waals surface area contributed by atoms with Gasteiger partial charge < -0.3 is 15.2 Å². The number of carbonyl (C=O) groups excluding carboxylic acids is 2. The lowest BCUT2D eigenvalue weighted by Gasteiger charge is -2.13. The summed E-state index contributed by atoms with van der Waals surface area (Å²) in [6.07, 6.45) is 0. The Kier molecular flexibility index (Phi) is 7.93. The summed E-state index contributed by atoms with van der Waals surface area (Å²) in [5.41, 5.74) is 3.18. The van der Waals surface area contributed by atoms with Gasteiger partial charge >= 0.3 is 0 Å². The number of nitrogens with one attached hydrogen (secondary N) is 2. The van der Waals surface area contributed by atoms with Gasteiger partial charge in [0.25, 0.3) is 0 Å². The van der Waals surface area contributed by atoms with Crippen LogP contribution in [0.3, 0.4) is 0 Å². The molecule has 0 aliphatic carbocycles. The number of aromatic nitrogens is 3. The third-order valence-corrected chi connectivity index (χ3v) is 6.43. The van der Waals surface area contributed by atoms with Crippen LogP contribution < -0.4 is 10.6 Å². The van der Waals surface area contributed by atoms with Gasteiger partial charge in [0, 0.05) is 28.5 Å². The molecule has 1 aromatic heterocycles. The molecule has 7 nitrogen and oxygen atoms in total. The minimum Gasteiger partial charge on any atom is -0.378 e. The number of halogens is 1. The van der Waals surface area contributed by atoms with Crippen molar-refractivity contribution < 1.29 is 9.59 Å². The molecular weight excluding hydrogens is 446 g/mol. The second-order valence-corrected chi connectivity index (χ2v) is 9.06. The van der Waals surface area contributed by atoms with Gasteiger partial charge in [-0.3, -0.25) is 9.59 Å². The van der Waals surface area contributed by atoms with E-state index in [0.29, 0.717) is 34.5 Å². The number of benzene rings is 2. The van der Waals surface area contributed by atoms with Gasteiger partial charge in [-0.1, -0.05) is 29.4 Å². The zero-order valence-electron chi connectivity index (χ0n) is 18.5. The first-order chi connectivity index (χ1) is 15.3. The zero-order chi connectivity index (χ0) is 23.3. The number of rotatable bonds is 9. The molecule has 1 heterocycles. The fraction of sp³-hybridized carbons (Fsp3) is 0.304. The molecule has 2 aromatic carbocycles. The Bertz CT molecular complexity index is 1110. The Morgan fingerprint density at radius 3 is 2.44 bits per heavy atom. The first-order valence-corrected chi connectivity index (χ1v) is 11.5. The predicted molar refractivity (Wildman–Crippen MR) is 130 cm³/mol. The van der Waals surface area contributed by atoms with Crippen molar-refractivity contribution in [2.45, 2.75) is 51.2 Å². The van der Waals surface area contributed by atoms with Gasteiger partial charge in [-0.2, -0.15) is 0 Å². The Morgan fingerprint density at radius 2 is 1.81 bits per heavy atom. The molecule has 32 heavy (non-hydrogen) atoms. The van der Waals surface area contributed by atoms with Crippen molar-refractivity contribution in [3.63, 3.8) is 0 Å². The van der Waals surface area contributed by atoms with Crippen LogP contribution >= 0.6 is 23.4 Å². The van der Waals surface area contributed by atoms with Gasteiger partial charge in [-0.25, -0.2) is 0 Å².